The van der Waals surface area contributed by atoms with Gasteiger partial charge in [-0.25, -0.2) is 4.79 Å². The third-order valence-corrected chi connectivity index (χ3v) is 6.79. The van der Waals surface area contributed by atoms with Crippen molar-refractivity contribution in [2.45, 2.75) is 57.2 Å². The van der Waals surface area contributed by atoms with Crippen LogP contribution in [0.4, 0.5) is 10.5 Å². The Kier molecular flexibility index (Phi) is 4.93. The van der Waals surface area contributed by atoms with E-state index in [1.54, 1.807) is 4.90 Å². The molecule has 0 N–H and O–H groups in total. The molecule has 1 aromatic heterocycles. The second-order valence-electron chi connectivity index (χ2n) is 8.92. The minimum Gasteiger partial charge on any atom is -0.489 e. The van der Waals surface area contributed by atoms with Gasteiger partial charge in [0.15, 0.2) is 0 Å². The minimum absolute atomic E-state index is 0.103. The monoisotopic (exact) mass is 410 g/mol. The summed E-state index contributed by atoms with van der Waals surface area (Å²) in [5.41, 5.74) is 4.16. The van der Waals surface area contributed by atoms with E-state index >= 15 is 0 Å². The number of carbonyl (C=O) groups is 1. The molecule has 5 rings (SSSR count). The normalized spacial score (nSPS) is 22.2. The maximum atomic E-state index is 12.5. The van der Waals surface area contributed by atoms with E-state index in [-0.39, 0.29) is 18.2 Å². The Bertz CT molecular complexity index is 946. The number of aromatic nitrogens is 2. The number of rotatable bonds is 4. The SMILES string of the molecule is COC(=O)N1c2ccc(-c3cnn(C4CN(C)C4)c3)c(OC3CCC3)c2CC[C@@H]1C. The lowest BCUT2D eigenvalue weighted by Crippen LogP contribution is -2.45. The molecule has 0 bridgehead atoms. The summed E-state index contributed by atoms with van der Waals surface area (Å²) in [6.07, 6.45) is 9.20. The van der Waals surface area contributed by atoms with Gasteiger partial charge in [-0.3, -0.25) is 9.58 Å². The van der Waals surface area contributed by atoms with Crippen LogP contribution in [0.1, 0.15) is 44.2 Å². The molecule has 2 fully saturated rings. The van der Waals surface area contributed by atoms with E-state index in [9.17, 15) is 4.79 Å². The summed E-state index contributed by atoms with van der Waals surface area (Å²) < 4.78 is 13.7. The van der Waals surface area contributed by atoms with Gasteiger partial charge in [0.2, 0.25) is 0 Å². The number of ether oxygens (including phenoxy) is 2. The number of fused-ring (bicyclic) bond motifs is 1. The zero-order valence-electron chi connectivity index (χ0n) is 18.0. The number of carbonyl (C=O) groups excluding carboxylic acids is 1. The number of hydrogen-bond donors (Lipinski definition) is 0. The lowest BCUT2D eigenvalue weighted by molar-refractivity contribution is 0.119. The average Bonchev–Trinajstić information content (AvgIpc) is 3.16. The van der Waals surface area contributed by atoms with Gasteiger partial charge in [0, 0.05) is 42.0 Å². The molecule has 7 heteroatoms. The second kappa shape index (κ2) is 7.61. The first-order valence-corrected chi connectivity index (χ1v) is 11.0. The van der Waals surface area contributed by atoms with Gasteiger partial charge in [0.1, 0.15) is 5.75 Å². The predicted molar refractivity (Wildman–Crippen MR) is 115 cm³/mol. The molecule has 7 nitrogen and oxygen atoms in total. The van der Waals surface area contributed by atoms with Crippen LogP contribution in [0.5, 0.6) is 5.75 Å². The summed E-state index contributed by atoms with van der Waals surface area (Å²) in [6, 6.07) is 4.66. The van der Waals surface area contributed by atoms with Gasteiger partial charge in [-0.15, -0.1) is 0 Å². The number of nitrogens with zero attached hydrogens (tertiary/aromatic N) is 4. The van der Waals surface area contributed by atoms with Crippen LogP contribution in [0.3, 0.4) is 0 Å². The number of hydrogen-bond acceptors (Lipinski definition) is 5. The van der Waals surface area contributed by atoms with Crippen LogP contribution in [0.2, 0.25) is 0 Å². The molecule has 1 aromatic carbocycles. The van der Waals surface area contributed by atoms with Crippen LogP contribution < -0.4 is 9.64 Å². The summed E-state index contributed by atoms with van der Waals surface area (Å²) >= 11 is 0. The van der Waals surface area contributed by atoms with Gasteiger partial charge in [-0.1, -0.05) is 0 Å². The molecule has 1 saturated heterocycles. The van der Waals surface area contributed by atoms with Crippen LogP contribution in [-0.4, -0.2) is 60.2 Å². The van der Waals surface area contributed by atoms with Gasteiger partial charge >= 0.3 is 6.09 Å². The van der Waals surface area contributed by atoms with Gasteiger partial charge < -0.3 is 14.4 Å². The maximum Gasteiger partial charge on any atom is 0.414 e. The lowest BCUT2D eigenvalue weighted by Gasteiger charge is -2.37. The van der Waals surface area contributed by atoms with E-state index in [0.717, 1.165) is 66.9 Å². The highest BCUT2D eigenvalue weighted by molar-refractivity contribution is 5.92. The van der Waals surface area contributed by atoms with Crippen LogP contribution in [0.25, 0.3) is 11.1 Å². The van der Waals surface area contributed by atoms with Crippen LogP contribution in [0, 0.1) is 0 Å². The Hall–Kier alpha value is -2.54. The number of likely N-dealkylation sites (N-methyl/N-ethyl adjacent to an activating group) is 1. The van der Waals surface area contributed by atoms with E-state index in [1.807, 2.05) is 12.3 Å². The summed E-state index contributed by atoms with van der Waals surface area (Å²) in [5.74, 6) is 0.920. The number of benzene rings is 1. The number of anilines is 1. The first kappa shape index (κ1) is 19.4. The molecule has 2 aromatic rings. The number of methoxy groups -OCH3 is 1. The van der Waals surface area contributed by atoms with Crippen molar-refractivity contribution >= 4 is 11.8 Å². The van der Waals surface area contributed by atoms with E-state index in [2.05, 4.69) is 40.9 Å². The van der Waals surface area contributed by atoms with Gasteiger partial charge in [-0.2, -0.15) is 5.10 Å². The summed E-state index contributed by atoms with van der Waals surface area (Å²) in [5, 5.41) is 4.63. The molecule has 1 saturated carbocycles. The van der Waals surface area contributed by atoms with Gasteiger partial charge in [-0.05, 0) is 58.2 Å². The van der Waals surface area contributed by atoms with E-state index < -0.39 is 0 Å². The van der Waals surface area contributed by atoms with E-state index in [0.29, 0.717) is 6.04 Å². The smallest absolute Gasteiger partial charge is 0.414 e. The third kappa shape index (κ3) is 3.25. The largest absolute Gasteiger partial charge is 0.489 e. The highest BCUT2D eigenvalue weighted by atomic mass is 16.5. The zero-order chi connectivity index (χ0) is 20.8. The molecule has 2 aliphatic heterocycles. The third-order valence-electron chi connectivity index (χ3n) is 6.79. The topological polar surface area (TPSA) is 59.8 Å². The molecule has 1 amide bonds. The Morgan fingerprint density at radius 2 is 2.00 bits per heavy atom. The zero-order valence-corrected chi connectivity index (χ0v) is 18.0. The Labute approximate surface area is 177 Å². The minimum atomic E-state index is -0.312. The Morgan fingerprint density at radius 1 is 1.20 bits per heavy atom. The number of likely N-dealkylation sites (tertiary alicyclic amines) is 1. The molecule has 30 heavy (non-hydrogen) atoms. The molecule has 3 heterocycles. The Balaban J connectivity index is 1.55. The maximum absolute atomic E-state index is 12.5. The quantitative estimate of drug-likeness (QED) is 0.766. The highest BCUT2D eigenvalue weighted by Gasteiger charge is 2.34. The fourth-order valence-corrected chi connectivity index (χ4v) is 4.71. The van der Waals surface area contributed by atoms with Crippen molar-refractivity contribution in [1.82, 2.24) is 14.7 Å². The Morgan fingerprint density at radius 3 is 2.67 bits per heavy atom. The fourth-order valence-electron chi connectivity index (χ4n) is 4.71. The van der Waals surface area contributed by atoms with Crippen molar-refractivity contribution in [3.63, 3.8) is 0 Å². The predicted octanol–water partition coefficient (Wildman–Crippen LogP) is 3.88. The van der Waals surface area contributed by atoms with Gasteiger partial charge in [0.25, 0.3) is 0 Å². The molecule has 0 radical (unpaired) electrons. The summed E-state index contributed by atoms with van der Waals surface area (Å²) in [7, 11) is 3.57. The van der Waals surface area contributed by atoms with Gasteiger partial charge in [0.05, 0.1) is 31.1 Å². The number of amides is 1. The van der Waals surface area contributed by atoms with Crippen molar-refractivity contribution in [3.8, 4) is 16.9 Å². The molecular weight excluding hydrogens is 380 g/mol. The molecule has 1 aliphatic carbocycles. The molecule has 3 aliphatic rings. The van der Waals surface area contributed by atoms with Crippen LogP contribution in [0.15, 0.2) is 24.5 Å². The standard InChI is InChI=1S/C23H30N4O3/c1-15-7-8-20-21(27(15)23(28)29-3)10-9-19(22(20)30-18-5-4-6-18)16-11-24-26(12-16)17-13-25(2)14-17/h9-12,15,17-18H,4-8,13-14H2,1-3H3/t15-/m0/s1. The average molecular weight is 411 g/mol. The summed E-state index contributed by atoms with van der Waals surface area (Å²) in [6.45, 7) is 4.13. The second-order valence-corrected chi connectivity index (χ2v) is 8.92. The first-order chi connectivity index (χ1) is 14.5. The van der Waals surface area contributed by atoms with Crippen LogP contribution >= 0.6 is 0 Å². The molecule has 160 valence electrons. The van der Waals surface area contributed by atoms with Crippen LogP contribution in [-0.2, 0) is 11.2 Å². The lowest BCUT2D eigenvalue weighted by atomic mass is 9.91. The van der Waals surface area contributed by atoms with Crippen molar-refractivity contribution < 1.29 is 14.3 Å². The molecular formula is C23H30N4O3. The highest BCUT2D eigenvalue weighted by Crippen LogP contribution is 2.44. The summed E-state index contributed by atoms with van der Waals surface area (Å²) in [4.78, 5) is 16.5. The van der Waals surface area contributed by atoms with Crippen molar-refractivity contribution in [3.05, 3.63) is 30.1 Å². The van der Waals surface area contributed by atoms with Crippen molar-refractivity contribution in [1.29, 1.82) is 0 Å². The van der Waals surface area contributed by atoms with E-state index in [1.165, 1.54) is 13.5 Å². The van der Waals surface area contributed by atoms with Crippen molar-refractivity contribution in [2.75, 3.05) is 32.1 Å². The fraction of sp³-hybridized carbons (Fsp3) is 0.565. The first-order valence-electron chi connectivity index (χ1n) is 11.0. The molecule has 0 unspecified atom stereocenters. The van der Waals surface area contributed by atoms with E-state index in [4.69, 9.17) is 9.47 Å². The van der Waals surface area contributed by atoms with Crippen molar-refractivity contribution in [2.24, 2.45) is 0 Å². The molecule has 1 atom stereocenters. The molecule has 0 spiro atoms.